The van der Waals surface area contributed by atoms with E-state index in [1.54, 1.807) is 0 Å². The second-order valence-corrected chi connectivity index (χ2v) is 3.04. The Hall–Kier alpha value is -1.06. The summed E-state index contributed by atoms with van der Waals surface area (Å²) in [6.45, 7) is 2.36. The summed E-state index contributed by atoms with van der Waals surface area (Å²) in [7, 11) is 0. The van der Waals surface area contributed by atoms with Crippen LogP contribution in [0, 0.1) is 0 Å². The summed E-state index contributed by atoms with van der Waals surface area (Å²) in [6.07, 6.45) is -0.0487. The van der Waals surface area contributed by atoms with Crippen molar-refractivity contribution in [3.8, 4) is 5.75 Å². The molecule has 3 nitrogen and oxygen atoms in total. The highest BCUT2D eigenvalue weighted by atomic mass is 16.5. The smallest absolute Gasteiger partial charge is 0.119 e. The van der Waals surface area contributed by atoms with E-state index < -0.39 is 0 Å². The zero-order valence-electron chi connectivity index (χ0n) is 7.81. The minimum atomic E-state index is -0.111. The predicted molar refractivity (Wildman–Crippen MR) is 53.6 cm³/mol. The molecular formula is C10H16N2O. The van der Waals surface area contributed by atoms with E-state index in [4.69, 9.17) is 16.2 Å². The van der Waals surface area contributed by atoms with Gasteiger partial charge in [-0.2, -0.15) is 0 Å². The number of nitrogens with two attached hydrogens (primary N) is 2. The van der Waals surface area contributed by atoms with Crippen LogP contribution < -0.4 is 16.2 Å². The van der Waals surface area contributed by atoms with Crippen LogP contribution in [0.15, 0.2) is 30.3 Å². The van der Waals surface area contributed by atoms with E-state index in [2.05, 4.69) is 0 Å². The molecular weight excluding hydrogens is 164 g/mol. The second-order valence-electron chi connectivity index (χ2n) is 3.04. The van der Waals surface area contributed by atoms with Crippen LogP contribution in [0.1, 0.15) is 6.92 Å². The Morgan fingerprint density at radius 2 is 1.92 bits per heavy atom. The van der Waals surface area contributed by atoms with Crippen LogP contribution in [-0.4, -0.2) is 18.7 Å². The van der Waals surface area contributed by atoms with Crippen LogP contribution in [0.3, 0.4) is 0 Å². The lowest BCUT2D eigenvalue weighted by Crippen LogP contribution is -2.42. The van der Waals surface area contributed by atoms with Crippen molar-refractivity contribution < 1.29 is 4.74 Å². The molecule has 1 aromatic carbocycles. The number of ether oxygens (including phenoxy) is 1. The van der Waals surface area contributed by atoms with Crippen LogP contribution in [0.4, 0.5) is 0 Å². The summed E-state index contributed by atoms with van der Waals surface area (Å²) in [5.74, 6) is 0.832. The first-order valence-electron chi connectivity index (χ1n) is 4.41. The van der Waals surface area contributed by atoms with Crippen molar-refractivity contribution in [1.82, 2.24) is 0 Å². The Kier molecular flexibility index (Phi) is 3.73. The molecule has 1 aromatic rings. The minimum Gasteiger partial charge on any atom is -0.489 e. The molecule has 3 heteroatoms. The van der Waals surface area contributed by atoms with Gasteiger partial charge in [0.2, 0.25) is 0 Å². The standard InChI is InChI=1S/C10H16N2O/c1-8(10(12)7-11)13-9-5-3-2-4-6-9/h2-6,8,10H,7,11-12H2,1H3/t8?,10-/m0/s1. The molecule has 0 radical (unpaired) electrons. The van der Waals surface area contributed by atoms with Gasteiger partial charge < -0.3 is 16.2 Å². The van der Waals surface area contributed by atoms with E-state index >= 15 is 0 Å². The SMILES string of the molecule is CC(Oc1ccccc1)[C@@H](N)CN. The maximum absolute atomic E-state index is 5.71. The molecule has 1 unspecified atom stereocenters. The fourth-order valence-electron chi connectivity index (χ4n) is 0.993. The van der Waals surface area contributed by atoms with E-state index in [0.717, 1.165) is 5.75 Å². The van der Waals surface area contributed by atoms with Gasteiger partial charge in [0.05, 0.1) is 6.04 Å². The van der Waals surface area contributed by atoms with Crippen molar-refractivity contribution >= 4 is 0 Å². The molecule has 0 aliphatic carbocycles. The van der Waals surface area contributed by atoms with Gasteiger partial charge in [-0.3, -0.25) is 0 Å². The number of hydrogen-bond donors (Lipinski definition) is 2. The highest BCUT2D eigenvalue weighted by molar-refractivity contribution is 5.21. The lowest BCUT2D eigenvalue weighted by atomic mass is 10.2. The Balaban J connectivity index is 2.50. The van der Waals surface area contributed by atoms with Crippen molar-refractivity contribution in [2.24, 2.45) is 11.5 Å². The van der Waals surface area contributed by atoms with Crippen molar-refractivity contribution in [1.29, 1.82) is 0 Å². The van der Waals surface area contributed by atoms with E-state index in [1.165, 1.54) is 0 Å². The zero-order chi connectivity index (χ0) is 9.68. The summed E-state index contributed by atoms with van der Waals surface area (Å²) < 4.78 is 5.56. The van der Waals surface area contributed by atoms with Gasteiger partial charge in [0, 0.05) is 6.54 Å². The highest BCUT2D eigenvalue weighted by Gasteiger charge is 2.11. The van der Waals surface area contributed by atoms with Crippen LogP contribution >= 0.6 is 0 Å². The first-order valence-corrected chi connectivity index (χ1v) is 4.41. The molecule has 0 aromatic heterocycles. The summed E-state index contributed by atoms with van der Waals surface area (Å²) in [6, 6.07) is 9.49. The first kappa shape index (κ1) is 10.0. The number of hydrogen-bond acceptors (Lipinski definition) is 3. The largest absolute Gasteiger partial charge is 0.489 e. The molecule has 0 saturated carbocycles. The number of para-hydroxylation sites is 1. The summed E-state index contributed by atoms with van der Waals surface area (Å²) >= 11 is 0. The van der Waals surface area contributed by atoms with E-state index in [1.807, 2.05) is 37.3 Å². The van der Waals surface area contributed by atoms with Gasteiger partial charge in [0.1, 0.15) is 11.9 Å². The third kappa shape index (κ3) is 3.05. The molecule has 0 heterocycles. The maximum Gasteiger partial charge on any atom is 0.119 e. The lowest BCUT2D eigenvalue weighted by Gasteiger charge is -2.19. The Labute approximate surface area is 78.7 Å². The fraction of sp³-hybridized carbons (Fsp3) is 0.400. The van der Waals surface area contributed by atoms with Gasteiger partial charge in [0.25, 0.3) is 0 Å². The average molecular weight is 180 g/mol. The van der Waals surface area contributed by atoms with Gasteiger partial charge in [-0.1, -0.05) is 18.2 Å². The van der Waals surface area contributed by atoms with Gasteiger partial charge in [-0.15, -0.1) is 0 Å². The topological polar surface area (TPSA) is 61.3 Å². The summed E-state index contributed by atoms with van der Waals surface area (Å²) in [5.41, 5.74) is 11.1. The lowest BCUT2D eigenvalue weighted by molar-refractivity contribution is 0.192. The monoisotopic (exact) mass is 180 g/mol. The third-order valence-corrected chi connectivity index (χ3v) is 1.94. The molecule has 0 fully saturated rings. The van der Waals surface area contributed by atoms with Gasteiger partial charge in [-0.05, 0) is 19.1 Å². The molecule has 4 N–H and O–H groups in total. The summed E-state index contributed by atoms with van der Waals surface area (Å²) in [4.78, 5) is 0. The molecule has 0 spiro atoms. The Morgan fingerprint density at radius 1 is 1.31 bits per heavy atom. The fourth-order valence-corrected chi connectivity index (χ4v) is 0.993. The van der Waals surface area contributed by atoms with Crippen LogP contribution in [0.5, 0.6) is 5.75 Å². The van der Waals surface area contributed by atoms with Gasteiger partial charge in [0.15, 0.2) is 0 Å². The van der Waals surface area contributed by atoms with Crippen LogP contribution in [0.2, 0.25) is 0 Å². The molecule has 0 aliphatic heterocycles. The number of rotatable bonds is 4. The summed E-state index contributed by atoms with van der Waals surface area (Å²) in [5, 5.41) is 0. The van der Waals surface area contributed by atoms with Crippen LogP contribution in [-0.2, 0) is 0 Å². The molecule has 0 amide bonds. The zero-order valence-corrected chi connectivity index (χ0v) is 7.81. The number of benzene rings is 1. The maximum atomic E-state index is 5.71. The third-order valence-electron chi connectivity index (χ3n) is 1.94. The van der Waals surface area contributed by atoms with E-state index in [0.29, 0.717) is 6.54 Å². The normalized spacial score (nSPS) is 15.0. The Morgan fingerprint density at radius 3 is 2.46 bits per heavy atom. The van der Waals surface area contributed by atoms with Crippen molar-refractivity contribution in [2.75, 3.05) is 6.54 Å². The first-order chi connectivity index (χ1) is 6.24. The predicted octanol–water partition coefficient (Wildman–Crippen LogP) is 0.740. The quantitative estimate of drug-likeness (QED) is 0.718. The van der Waals surface area contributed by atoms with Crippen molar-refractivity contribution in [3.05, 3.63) is 30.3 Å². The average Bonchev–Trinajstić information content (AvgIpc) is 2.18. The Bertz CT molecular complexity index is 238. The van der Waals surface area contributed by atoms with Crippen molar-refractivity contribution in [3.63, 3.8) is 0 Å². The molecule has 1 rings (SSSR count). The molecule has 2 atom stereocenters. The second kappa shape index (κ2) is 4.84. The molecule has 72 valence electrons. The molecule has 0 bridgehead atoms. The molecule has 0 saturated heterocycles. The molecule has 13 heavy (non-hydrogen) atoms. The van der Waals surface area contributed by atoms with Gasteiger partial charge in [-0.25, -0.2) is 0 Å². The van der Waals surface area contributed by atoms with E-state index in [9.17, 15) is 0 Å². The van der Waals surface area contributed by atoms with Crippen molar-refractivity contribution in [2.45, 2.75) is 19.1 Å². The highest BCUT2D eigenvalue weighted by Crippen LogP contribution is 2.11. The minimum absolute atomic E-state index is 0.0487. The van der Waals surface area contributed by atoms with Crippen LogP contribution in [0.25, 0.3) is 0 Å². The van der Waals surface area contributed by atoms with Gasteiger partial charge >= 0.3 is 0 Å². The molecule has 0 aliphatic rings. The van der Waals surface area contributed by atoms with E-state index in [-0.39, 0.29) is 12.1 Å².